The third-order valence-electron chi connectivity index (χ3n) is 2.56. The molecule has 14 heavy (non-hydrogen) atoms. The predicted octanol–water partition coefficient (Wildman–Crippen LogP) is 2.47. The van der Waals surface area contributed by atoms with E-state index in [9.17, 15) is 0 Å². The number of epoxide rings is 1. The lowest BCUT2D eigenvalue weighted by Gasteiger charge is -2.14. The summed E-state index contributed by atoms with van der Waals surface area (Å²) in [5.74, 6) is 0. The van der Waals surface area contributed by atoms with E-state index < -0.39 is 0 Å². The summed E-state index contributed by atoms with van der Waals surface area (Å²) in [5, 5.41) is 0. The SMILES string of the molecule is Cc1ccccc1[C@H](C)OC[C@@H]1CO1. The minimum atomic E-state index is 0.167. The summed E-state index contributed by atoms with van der Waals surface area (Å²) in [6.07, 6.45) is 0.516. The molecule has 2 rings (SSSR count). The second kappa shape index (κ2) is 4.11. The van der Waals surface area contributed by atoms with E-state index in [-0.39, 0.29) is 6.10 Å². The van der Waals surface area contributed by atoms with Gasteiger partial charge in [-0.2, -0.15) is 0 Å². The molecule has 1 heterocycles. The summed E-state index contributed by atoms with van der Waals surface area (Å²) in [6, 6.07) is 8.34. The summed E-state index contributed by atoms with van der Waals surface area (Å²) in [6.45, 7) is 5.78. The van der Waals surface area contributed by atoms with Gasteiger partial charge in [0.25, 0.3) is 0 Å². The molecule has 1 aromatic carbocycles. The zero-order valence-corrected chi connectivity index (χ0v) is 8.69. The lowest BCUT2D eigenvalue weighted by Crippen LogP contribution is -2.07. The van der Waals surface area contributed by atoms with Crippen molar-refractivity contribution in [3.63, 3.8) is 0 Å². The van der Waals surface area contributed by atoms with Crippen molar-refractivity contribution < 1.29 is 9.47 Å². The Balaban J connectivity index is 1.95. The molecule has 0 saturated carbocycles. The standard InChI is InChI=1S/C12H16O2/c1-9-5-3-4-6-12(9)10(2)13-7-11-8-14-11/h3-6,10-11H,7-8H2,1-2H3/t10-,11+/m0/s1. The van der Waals surface area contributed by atoms with Gasteiger partial charge in [0.15, 0.2) is 0 Å². The van der Waals surface area contributed by atoms with E-state index in [0.29, 0.717) is 6.10 Å². The fourth-order valence-electron chi connectivity index (χ4n) is 1.55. The normalized spacial score (nSPS) is 22.0. The molecule has 0 aliphatic carbocycles. The molecule has 1 aliphatic heterocycles. The number of hydrogen-bond acceptors (Lipinski definition) is 2. The van der Waals surface area contributed by atoms with Crippen molar-refractivity contribution in [2.75, 3.05) is 13.2 Å². The molecule has 2 nitrogen and oxygen atoms in total. The van der Waals surface area contributed by atoms with Gasteiger partial charge < -0.3 is 9.47 Å². The maximum absolute atomic E-state index is 5.71. The molecule has 76 valence electrons. The van der Waals surface area contributed by atoms with Gasteiger partial charge in [-0.1, -0.05) is 24.3 Å². The average Bonchev–Trinajstić information content (AvgIpc) is 2.98. The second-order valence-corrected chi connectivity index (χ2v) is 3.79. The van der Waals surface area contributed by atoms with Gasteiger partial charge >= 0.3 is 0 Å². The van der Waals surface area contributed by atoms with Crippen LogP contribution in [0.3, 0.4) is 0 Å². The highest BCUT2D eigenvalue weighted by atomic mass is 16.6. The number of rotatable bonds is 4. The van der Waals surface area contributed by atoms with Gasteiger partial charge in [-0.15, -0.1) is 0 Å². The van der Waals surface area contributed by atoms with E-state index in [1.54, 1.807) is 0 Å². The Morgan fingerprint density at radius 3 is 2.86 bits per heavy atom. The second-order valence-electron chi connectivity index (χ2n) is 3.79. The summed E-state index contributed by atoms with van der Waals surface area (Å²) in [4.78, 5) is 0. The molecule has 1 saturated heterocycles. The molecular formula is C12H16O2. The maximum Gasteiger partial charge on any atom is 0.104 e. The largest absolute Gasteiger partial charge is 0.371 e. The number of hydrogen-bond donors (Lipinski definition) is 0. The van der Waals surface area contributed by atoms with Crippen molar-refractivity contribution in [2.24, 2.45) is 0 Å². The third-order valence-corrected chi connectivity index (χ3v) is 2.56. The molecule has 0 N–H and O–H groups in total. The molecule has 0 bridgehead atoms. The minimum Gasteiger partial charge on any atom is -0.371 e. The van der Waals surface area contributed by atoms with E-state index in [4.69, 9.17) is 9.47 Å². The molecule has 1 fully saturated rings. The maximum atomic E-state index is 5.71. The number of benzene rings is 1. The molecule has 0 aromatic heterocycles. The first-order valence-electron chi connectivity index (χ1n) is 5.06. The first kappa shape index (κ1) is 9.69. The van der Waals surface area contributed by atoms with Crippen molar-refractivity contribution in [3.05, 3.63) is 35.4 Å². The lowest BCUT2D eigenvalue weighted by molar-refractivity contribution is 0.0536. The first-order valence-corrected chi connectivity index (χ1v) is 5.06. The van der Waals surface area contributed by atoms with E-state index in [2.05, 4.69) is 38.1 Å². The topological polar surface area (TPSA) is 21.8 Å². The number of ether oxygens (including phenoxy) is 2. The Bertz CT molecular complexity index is 305. The van der Waals surface area contributed by atoms with Crippen LogP contribution in [0.5, 0.6) is 0 Å². The Morgan fingerprint density at radius 1 is 1.50 bits per heavy atom. The molecule has 0 amide bonds. The fourth-order valence-corrected chi connectivity index (χ4v) is 1.55. The van der Waals surface area contributed by atoms with Crippen molar-refractivity contribution >= 4 is 0 Å². The van der Waals surface area contributed by atoms with Crippen LogP contribution in [0.2, 0.25) is 0 Å². The molecule has 1 aromatic rings. The monoisotopic (exact) mass is 192 g/mol. The van der Waals surface area contributed by atoms with Gasteiger partial charge in [-0.25, -0.2) is 0 Å². The zero-order valence-electron chi connectivity index (χ0n) is 8.69. The van der Waals surface area contributed by atoms with Gasteiger partial charge in [0.1, 0.15) is 6.10 Å². The summed E-state index contributed by atoms with van der Waals surface area (Å²) < 4.78 is 10.8. The van der Waals surface area contributed by atoms with Crippen LogP contribution in [-0.2, 0) is 9.47 Å². The van der Waals surface area contributed by atoms with Crippen LogP contribution in [0.25, 0.3) is 0 Å². The van der Waals surface area contributed by atoms with E-state index in [1.165, 1.54) is 11.1 Å². The lowest BCUT2D eigenvalue weighted by atomic mass is 10.0. The van der Waals surface area contributed by atoms with E-state index >= 15 is 0 Å². The molecule has 0 spiro atoms. The fraction of sp³-hybridized carbons (Fsp3) is 0.500. The summed E-state index contributed by atoms with van der Waals surface area (Å²) in [5.41, 5.74) is 2.56. The smallest absolute Gasteiger partial charge is 0.104 e. The summed E-state index contributed by atoms with van der Waals surface area (Å²) >= 11 is 0. The summed E-state index contributed by atoms with van der Waals surface area (Å²) in [7, 11) is 0. The highest BCUT2D eigenvalue weighted by Crippen LogP contribution is 2.22. The van der Waals surface area contributed by atoms with Gasteiger partial charge in [-0.3, -0.25) is 0 Å². The van der Waals surface area contributed by atoms with E-state index in [0.717, 1.165) is 13.2 Å². The minimum absolute atomic E-state index is 0.167. The van der Waals surface area contributed by atoms with Crippen LogP contribution < -0.4 is 0 Å². The Morgan fingerprint density at radius 2 is 2.21 bits per heavy atom. The molecule has 2 atom stereocenters. The van der Waals surface area contributed by atoms with Gasteiger partial charge in [0.2, 0.25) is 0 Å². The van der Waals surface area contributed by atoms with Gasteiger partial charge in [0, 0.05) is 0 Å². The van der Waals surface area contributed by atoms with Crippen molar-refractivity contribution in [1.29, 1.82) is 0 Å². The highest BCUT2D eigenvalue weighted by Gasteiger charge is 2.23. The van der Waals surface area contributed by atoms with Crippen LogP contribution in [0.1, 0.15) is 24.2 Å². The van der Waals surface area contributed by atoms with Crippen LogP contribution in [0.15, 0.2) is 24.3 Å². The van der Waals surface area contributed by atoms with Crippen LogP contribution in [0.4, 0.5) is 0 Å². The third kappa shape index (κ3) is 2.34. The molecule has 0 radical (unpaired) electrons. The zero-order chi connectivity index (χ0) is 9.97. The van der Waals surface area contributed by atoms with Gasteiger partial charge in [-0.05, 0) is 25.0 Å². The van der Waals surface area contributed by atoms with Crippen LogP contribution in [-0.4, -0.2) is 19.3 Å². The Hall–Kier alpha value is -0.860. The highest BCUT2D eigenvalue weighted by molar-refractivity contribution is 5.27. The number of aryl methyl sites for hydroxylation is 1. The van der Waals surface area contributed by atoms with Crippen molar-refractivity contribution in [1.82, 2.24) is 0 Å². The average molecular weight is 192 g/mol. The van der Waals surface area contributed by atoms with Gasteiger partial charge in [0.05, 0.1) is 19.3 Å². The molecule has 0 unspecified atom stereocenters. The van der Waals surface area contributed by atoms with Crippen molar-refractivity contribution in [2.45, 2.75) is 26.1 Å². The molecular weight excluding hydrogens is 176 g/mol. The molecule has 2 heteroatoms. The predicted molar refractivity (Wildman–Crippen MR) is 55.3 cm³/mol. The molecule has 1 aliphatic rings. The van der Waals surface area contributed by atoms with Crippen LogP contribution >= 0.6 is 0 Å². The van der Waals surface area contributed by atoms with E-state index in [1.807, 2.05) is 0 Å². The Labute approximate surface area is 84.8 Å². The Kier molecular flexibility index (Phi) is 2.85. The quantitative estimate of drug-likeness (QED) is 0.683. The van der Waals surface area contributed by atoms with Crippen LogP contribution in [0, 0.1) is 6.92 Å². The first-order chi connectivity index (χ1) is 6.77. The van der Waals surface area contributed by atoms with Crippen molar-refractivity contribution in [3.8, 4) is 0 Å².